The van der Waals surface area contributed by atoms with Gasteiger partial charge in [0.05, 0.1) is 18.1 Å². The van der Waals surface area contributed by atoms with Gasteiger partial charge in [-0.1, -0.05) is 24.3 Å². The molecule has 86 valence electrons. The Morgan fingerprint density at radius 3 is 2.81 bits per heavy atom. The van der Waals surface area contributed by atoms with E-state index < -0.39 is 11.4 Å². The van der Waals surface area contributed by atoms with Crippen molar-refractivity contribution in [2.24, 2.45) is 5.41 Å². The maximum atomic E-state index is 11.3. The number of fused-ring (bicyclic) bond motifs is 1. The van der Waals surface area contributed by atoms with Crippen molar-refractivity contribution in [2.75, 3.05) is 6.61 Å². The summed E-state index contributed by atoms with van der Waals surface area (Å²) < 4.78 is 5.65. The van der Waals surface area contributed by atoms with Gasteiger partial charge in [-0.2, -0.15) is 0 Å². The zero-order chi connectivity index (χ0) is 11.8. The molecule has 0 spiro atoms. The molecule has 0 saturated heterocycles. The van der Waals surface area contributed by atoms with E-state index in [0.717, 1.165) is 12.0 Å². The lowest BCUT2D eigenvalue weighted by Crippen LogP contribution is -2.35. The van der Waals surface area contributed by atoms with E-state index in [0.29, 0.717) is 6.61 Å². The molecule has 1 heterocycles. The summed E-state index contributed by atoms with van der Waals surface area (Å²) in [6.07, 6.45) is 0.512. The van der Waals surface area contributed by atoms with Crippen LogP contribution in [0.4, 0.5) is 0 Å². The summed E-state index contributed by atoms with van der Waals surface area (Å²) in [4.78, 5) is 11.3. The zero-order valence-electron chi connectivity index (χ0n) is 9.56. The van der Waals surface area contributed by atoms with Crippen LogP contribution in [0.1, 0.15) is 31.1 Å². The summed E-state index contributed by atoms with van der Waals surface area (Å²) in [5, 5.41) is 9.24. The Balaban J connectivity index is 2.42. The number of carboxylic acids is 1. The second-order valence-corrected chi connectivity index (χ2v) is 4.73. The molecule has 0 bridgehead atoms. The number of benzene rings is 1. The molecule has 1 aliphatic heterocycles. The lowest BCUT2D eigenvalue weighted by atomic mass is 9.79. The van der Waals surface area contributed by atoms with Crippen LogP contribution >= 0.6 is 0 Å². The molecular formula is C13H16O3. The Kier molecular flexibility index (Phi) is 2.72. The minimum Gasteiger partial charge on any atom is -0.481 e. The van der Waals surface area contributed by atoms with E-state index >= 15 is 0 Å². The van der Waals surface area contributed by atoms with Crippen LogP contribution in [0.3, 0.4) is 0 Å². The number of hydrogen-bond acceptors (Lipinski definition) is 2. The van der Waals surface area contributed by atoms with Gasteiger partial charge < -0.3 is 9.84 Å². The Hall–Kier alpha value is -1.35. The maximum Gasteiger partial charge on any atom is 0.312 e. The van der Waals surface area contributed by atoms with Crippen molar-refractivity contribution < 1.29 is 14.6 Å². The first-order chi connectivity index (χ1) is 7.53. The number of carboxylic acid groups (broad SMARTS) is 1. The van der Waals surface area contributed by atoms with E-state index in [9.17, 15) is 9.90 Å². The molecule has 0 aromatic heterocycles. The molecule has 1 N–H and O–H groups in total. The van der Waals surface area contributed by atoms with Crippen molar-refractivity contribution in [1.82, 2.24) is 0 Å². The number of ether oxygens (including phenoxy) is 1. The zero-order valence-corrected chi connectivity index (χ0v) is 9.56. The van der Waals surface area contributed by atoms with Gasteiger partial charge in [-0.05, 0) is 31.4 Å². The second kappa shape index (κ2) is 3.91. The van der Waals surface area contributed by atoms with Gasteiger partial charge in [0.15, 0.2) is 0 Å². The predicted octanol–water partition coefficient (Wildman–Crippen LogP) is 2.41. The van der Waals surface area contributed by atoms with Crippen LogP contribution in [0.5, 0.6) is 0 Å². The topological polar surface area (TPSA) is 46.5 Å². The van der Waals surface area contributed by atoms with Crippen molar-refractivity contribution in [3.63, 3.8) is 0 Å². The molecule has 1 atom stereocenters. The second-order valence-electron chi connectivity index (χ2n) is 4.73. The van der Waals surface area contributed by atoms with E-state index in [1.165, 1.54) is 5.56 Å². The maximum absolute atomic E-state index is 11.3. The van der Waals surface area contributed by atoms with Crippen molar-refractivity contribution in [1.29, 1.82) is 0 Å². The first-order valence-electron chi connectivity index (χ1n) is 5.46. The normalized spacial score (nSPS) is 20.2. The molecule has 0 amide bonds. The van der Waals surface area contributed by atoms with Gasteiger partial charge in [0.1, 0.15) is 0 Å². The van der Waals surface area contributed by atoms with Crippen LogP contribution in [-0.4, -0.2) is 17.7 Å². The highest BCUT2D eigenvalue weighted by Crippen LogP contribution is 2.40. The van der Waals surface area contributed by atoms with Crippen molar-refractivity contribution in [2.45, 2.75) is 26.4 Å². The molecule has 0 radical (unpaired) electrons. The molecule has 0 saturated carbocycles. The van der Waals surface area contributed by atoms with Gasteiger partial charge in [-0.25, -0.2) is 0 Å². The van der Waals surface area contributed by atoms with E-state index in [4.69, 9.17) is 4.74 Å². The molecular weight excluding hydrogens is 204 g/mol. The highest BCUT2D eigenvalue weighted by Gasteiger charge is 2.40. The fraction of sp³-hybridized carbons (Fsp3) is 0.462. The molecule has 1 aliphatic rings. The number of hydrogen-bond donors (Lipinski definition) is 1. The summed E-state index contributed by atoms with van der Waals surface area (Å²) in [6, 6.07) is 7.92. The average Bonchev–Trinajstić information content (AvgIpc) is 2.28. The van der Waals surface area contributed by atoms with Crippen LogP contribution in [0.15, 0.2) is 24.3 Å². The van der Waals surface area contributed by atoms with Crippen molar-refractivity contribution in [3.8, 4) is 0 Å². The first-order valence-corrected chi connectivity index (χ1v) is 5.46. The van der Waals surface area contributed by atoms with Crippen molar-refractivity contribution >= 4 is 5.97 Å². The van der Waals surface area contributed by atoms with Crippen LogP contribution in [0.25, 0.3) is 0 Å². The van der Waals surface area contributed by atoms with E-state index in [1.807, 2.05) is 24.3 Å². The Morgan fingerprint density at radius 2 is 2.12 bits per heavy atom. The standard InChI is InChI=1S/C13H16O3/c1-13(2,12(14)15)11-10-6-4-3-5-9(10)7-8-16-11/h3-6,11H,7-8H2,1-2H3,(H,14,15). The molecule has 3 nitrogen and oxygen atoms in total. The highest BCUT2D eigenvalue weighted by atomic mass is 16.5. The Bertz CT molecular complexity index is 409. The largest absolute Gasteiger partial charge is 0.481 e. The highest BCUT2D eigenvalue weighted by molar-refractivity contribution is 5.75. The average molecular weight is 220 g/mol. The summed E-state index contributed by atoms with van der Waals surface area (Å²) in [6.45, 7) is 4.02. The van der Waals surface area contributed by atoms with E-state index in [2.05, 4.69) is 0 Å². The van der Waals surface area contributed by atoms with Gasteiger partial charge in [-0.15, -0.1) is 0 Å². The third kappa shape index (κ3) is 1.71. The van der Waals surface area contributed by atoms with Crippen molar-refractivity contribution in [3.05, 3.63) is 35.4 Å². The van der Waals surface area contributed by atoms with Gasteiger partial charge in [-0.3, -0.25) is 4.79 Å². The monoisotopic (exact) mass is 220 g/mol. The molecule has 1 aromatic carbocycles. The first kappa shape index (κ1) is 11.1. The van der Waals surface area contributed by atoms with Gasteiger partial charge in [0.2, 0.25) is 0 Å². The molecule has 3 heteroatoms. The van der Waals surface area contributed by atoms with Crippen LogP contribution in [0, 0.1) is 5.41 Å². The quantitative estimate of drug-likeness (QED) is 0.832. The molecule has 0 aliphatic carbocycles. The van der Waals surface area contributed by atoms with Gasteiger partial charge >= 0.3 is 5.97 Å². The summed E-state index contributed by atoms with van der Waals surface area (Å²) in [7, 11) is 0. The van der Waals surface area contributed by atoms with Crippen LogP contribution in [0.2, 0.25) is 0 Å². The summed E-state index contributed by atoms with van der Waals surface area (Å²) in [5.41, 5.74) is 1.32. The Labute approximate surface area is 95.0 Å². The molecule has 1 aromatic rings. The minimum absolute atomic E-state index is 0.352. The number of carbonyl (C=O) groups is 1. The Morgan fingerprint density at radius 1 is 1.44 bits per heavy atom. The third-order valence-corrected chi connectivity index (χ3v) is 3.20. The molecule has 1 unspecified atom stereocenters. The lowest BCUT2D eigenvalue weighted by Gasteiger charge is -2.35. The lowest BCUT2D eigenvalue weighted by molar-refractivity contribution is -0.157. The molecule has 2 rings (SSSR count). The molecule has 16 heavy (non-hydrogen) atoms. The third-order valence-electron chi connectivity index (χ3n) is 3.20. The van der Waals surface area contributed by atoms with E-state index in [-0.39, 0.29) is 6.10 Å². The fourth-order valence-corrected chi connectivity index (χ4v) is 2.10. The van der Waals surface area contributed by atoms with Crippen LogP contribution in [-0.2, 0) is 16.0 Å². The minimum atomic E-state index is -0.892. The number of rotatable bonds is 2. The van der Waals surface area contributed by atoms with Gasteiger partial charge in [0, 0.05) is 0 Å². The SMILES string of the molecule is CC(C)(C(=O)O)C1OCCc2ccccc21. The summed E-state index contributed by atoms with van der Waals surface area (Å²) in [5.74, 6) is -0.825. The predicted molar refractivity (Wildman–Crippen MR) is 60.3 cm³/mol. The molecule has 0 fully saturated rings. The van der Waals surface area contributed by atoms with Crippen LogP contribution < -0.4 is 0 Å². The smallest absolute Gasteiger partial charge is 0.312 e. The fourth-order valence-electron chi connectivity index (χ4n) is 2.10. The van der Waals surface area contributed by atoms with Gasteiger partial charge in [0.25, 0.3) is 0 Å². The summed E-state index contributed by atoms with van der Waals surface area (Å²) >= 11 is 0. The van der Waals surface area contributed by atoms with E-state index in [1.54, 1.807) is 13.8 Å². The number of aliphatic carboxylic acids is 1.